The first-order chi connectivity index (χ1) is 8.18. The van der Waals surface area contributed by atoms with Crippen LogP contribution in [0.5, 0.6) is 0 Å². The molecular weight excluding hydrogens is 240 g/mol. The van der Waals surface area contributed by atoms with Crippen LogP contribution in [0.1, 0.15) is 47.5 Å². The molecule has 0 radical (unpaired) electrons. The zero-order chi connectivity index (χ0) is 13.6. The minimum absolute atomic E-state index is 0.00810. The number of piperidine rings is 1. The Balaban J connectivity index is 2.17. The van der Waals surface area contributed by atoms with Gasteiger partial charge in [0.25, 0.3) is 0 Å². The summed E-state index contributed by atoms with van der Waals surface area (Å²) in [5, 5.41) is 7.40. The predicted molar refractivity (Wildman–Crippen MR) is 79.7 cm³/mol. The molecule has 2 saturated heterocycles. The Morgan fingerprint density at radius 1 is 1.06 bits per heavy atom. The molecule has 2 aliphatic rings. The molecule has 0 aliphatic carbocycles. The highest BCUT2D eigenvalue weighted by Gasteiger charge is 2.49. The Bertz CT molecular complexity index is 303. The van der Waals surface area contributed by atoms with Gasteiger partial charge in [0.1, 0.15) is 0 Å². The third-order valence-electron chi connectivity index (χ3n) is 4.85. The SMILES string of the molecule is COC1(C)NCC[SiH]1C1CC(C)(C)NC(C)(C)C1. The van der Waals surface area contributed by atoms with Crippen molar-refractivity contribution >= 4 is 8.80 Å². The molecule has 18 heavy (non-hydrogen) atoms. The summed E-state index contributed by atoms with van der Waals surface area (Å²) in [7, 11) is 0.941. The van der Waals surface area contributed by atoms with E-state index < -0.39 is 8.80 Å². The number of nitrogens with one attached hydrogen (secondary N) is 2. The molecule has 0 aromatic rings. The van der Waals surface area contributed by atoms with Crippen LogP contribution in [0.4, 0.5) is 0 Å². The van der Waals surface area contributed by atoms with Gasteiger partial charge in [-0.05, 0) is 65.6 Å². The van der Waals surface area contributed by atoms with E-state index in [0.29, 0.717) is 0 Å². The van der Waals surface area contributed by atoms with Crippen molar-refractivity contribution in [3.8, 4) is 0 Å². The molecule has 0 aromatic carbocycles. The van der Waals surface area contributed by atoms with E-state index in [1.54, 1.807) is 0 Å². The number of methoxy groups -OCH3 is 1. The second-order valence-corrected chi connectivity index (χ2v) is 11.5. The van der Waals surface area contributed by atoms with Gasteiger partial charge < -0.3 is 10.1 Å². The van der Waals surface area contributed by atoms with Crippen LogP contribution in [0.25, 0.3) is 0 Å². The van der Waals surface area contributed by atoms with Crippen molar-refractivity contribution in [2.75, 3.05) is 13.7 Å². The predicted octanol–water partition coefficient (Wildman–Crippen LogP) is 2.03. The molecule has 2 fully saturated rings. The zero-order valence-electron chi connectivity index (χ0n) is 12.9. The van der Waals surface area contributed by atoms with Gasteiger partial charge in [-0.2, -0.15) is 0 Å². The smallest absolute Gasteiger partial charge is 0.0988 e. The topological polar surface area (TPSA) is 33.3 Å². The van der Waals surface area contributed by atoms with Crippen molar-refractivity contribution < 1.29 is 4.74 Å². The van der Waals surface area contributed by atoms with Gasteiger partial charge in [0.05, 0.1) is 14.1 Å². The van der Waals surface area contributed by atoms with E-state index in [1.165, 1.54) is 18.9 Å². The van der Waals surface area contributed by atoms with Gasteiger partial charge in [-0.3, -0.25) is 5.32 Å². The third-order valence-corrected chi connectivity index (χ3v) is 9.23. The molecule has 2 aliphatic heterocycles. The largest absolute Gasteiger partial charge is 0.368 e. The maximum absolute atomic E-state index is 5.83. The minimum Gasteiger partial charge on any atom is -0.368 e. The molecular formula is C14H30N2OSi. The van der Waals surface area contributed by atoms with Crippen LogP contribution >= 0.6 is 0 Å². The van der Waals surface area contributed by atoms with Crippen LogP contribution in [-0.4, -0.2) is 38.9 Å². The Kier molecular flexibility index (Phi) is 3.69. The summed E-state index contributed by atoms with van der Waals surface area (Å²) < 4.78 is 5.83. The summed E-state index contributed by atoms with van der Waals surface area (Å²) in [6.45, 7) is 12.8. The number of hydrogen-bond acceptors (Lipinski definition) is 3. The maximum atomic E-state index is 5.83. The van der Waals surface area contributed by atoms with Crippen molar-refractivity contribution in [1.82, 2.24) is 10.6 Å². The van der Waals surface area contributed by atoms with Gasteiger partial charge in [-0.1, -0.05) is 0 Å². The lowest BCUT2D eigenvalue weighted by Gasteiger charge is -2.49. The number of rotatable bonds is 2. The molecule has 0 spiro atoms. The van der Waals surface area contributed by atoms with Crippen molar-refractivity contribution in [2.45, 2.75) is 75.5 Å². The van der Waals surface area contributed by atoms with E-state index in [-0.39, 0.29) is 16.4 Å². The first kappa shape index (κ1) is 14.5. The van der Waals surface area contributed by atoms with Crippen molar-refractivity contribution in [3.63, 3.8) is 0 Å². The second-order valence-electron chi connectivity index (χ2n) is 7.69. The van der Waals surface area contributed by atoms with Gasteiger partial charge in [-0.15, -0.1) is 0 Å². The summed E-state index contributed by atoms with van der Waals surface area (Å²) >= 11 is 0. The first-order valence-electron chi connectivity index (χ1n) is 7.27. The van der Waals surface area contributed by atoms with Crippen LogP contribution in [0, 0.1) is 0 Å². The van der Waals surface area contributed by atoms with E-state index in [4.69, 9.17) is 4.74 Å². The summed E-state index contributed by atoms with van der Waals surface area (Å²) in [6.07, 6.45) is 2.60. The molecule has 0 amide bonds. The quantitative estimate of drug-likeness (QED) is 0.753. The van der Waals surface area contributed by atoms with E-state index in [1.807, 2.05) is 7.11 Å². The molecule has 106 valence electrons. The molecule has 2 unspecified atom stereocenters. The number of ether oxygens (including phenoxy) is 1. The minimum atomic E-state index is -0.930. The summed E-state index contributed by atoms with van der Waals surface area (Å²) in [5.41, 5.74) is 1.39. The van der Waals surface area contributed by atoms with Gasteiger partial charge >= 0.3 is 0 Å². The van der Waals surface area contributed by atoms with Crippen LogP contribution in [-0.2, 0) is 4.74 Å². The fraction of sp³-hybridized carbons (Fsp3) is 1.00. The molecule has 2 N–H and O–H groups in total. The molecule has 4 heteroatoms. The lowest BCUT2D eigenvalue weighted by atomic mass is 9.82. The van der Waals surface area contributed by atoms with Gasteiger partial charge in [0, 0.05) is 18.2 Å². The van der Waals surface area contributed by atoms with Crippen LogP contribution in [0.2, 0.25) is 11.6 Å². The Morgan fingerprint density at radius 2 is 1.61 bits per heavy atom. The summed E-state index contributed by atoms with van der Waals surface area (Å²) in [4.78, 5) is 0. The Morgan fingerprint density at radius 3 is 2.11 bits per heavy atom. The van der Waals surface area contributed by atoms with Gasteiger partial charge in [0.15, 0.2) is 0 Å². The van der Waals surface area contributed by atoms with Crippen molar-refractivity contribution in [1.29, 1.82) is 0 Å². The maximum Gasteiger partial charge on any atom is 0.0988 e. The Hall–Kier alpha value is 0.0969. The van der Waals surface area contributed by atoms with Gasteiger partial charge in [-0.25, -0.2) is 0 Å². The molecule has 0 bridgehead atoms. The van der Waals surface area contributed by atoms with Crippen molar-refractivity contribution in [2.24, 2.45) is 0 Å². The monoisotopic (exact) mass is 270 g/mol. The highest BCUT2D eigenvalue weighted by Crippen LogP contribution is 2.43. The highest BCUT2D eigenvalue weighted by atomic mass is 28.3. The van der Waals surface area contributed by atoms with Crippen LogP contribution < -0.4 is 10.6 Å². The average molecular weight is 270 g/mol. The third kappa shape index (κ3) is 2.82. The molecule has 2 rings (SSSR count). The van der Waals surface area contributed by atoms with E-state index in [9.17, 15) is 0 Å². The Labute approximate surface area is 114 Å². The van der Waals surface area contributed by atoms with Crippen molar-refractivity contribution in [3.05, 3.63) is 0 Å². The van der Waals surface area contributed by atoms with E-state index in [0.717, 1.165) is 12.1 Å². The summed E-state index contributed by atoms with van der Waals surface area (Å²) in [5.74, 6) is 0. The van der Waals surface area contributed by atoms with E-state index >= 15 is 0 Å². The van der Waals surface area contributed by atoms with E-state index in [2.05, 4.69) is 45.3 Å². The normalized spacial score (nSPS) is 40.0. The summed E-state index contributed by atoms with van der Waals surface area (Å²) in [6, 6.07) is 1.38. The van der Waals surface area contributed by atoms with Crippen LogP contribution in [0.15, 0.2) is 0 Å². The molecule has 2 heterocycles. The zero-order valence-corrected chi connectivity index (χ0v) is 14.0. The molecule has 0 saturated carbocycles. The number of hydrogen-bond donors (Lipinski definition) is 2. The molecule has 3 nitrogen and oxygen atoms in total. The van der Waals surface area contributed by atoms with Crippen LogP contribution in [0.3, 0.4) is 0 Å². The molecule has 0 aromatic heterocycles. The second kappa shape index (κ2) is 4.58. The molecule has 2 atom stereocenters. The fourth-order valence-corrected chi connectivity index (χ4v) is 9.31. The lowest BCUT2D eigenvalue weighted by molar-refractivity contribution is 0.0495. The first-order valence-corrected chi connectivity index (χ1v) is 9.33. The van der Waals surface area contributed by atoms with Gasteiger partial charge in [0.2, 0.25) is 0 Å². The lowest BCUT2D eigenvalue weighted by Crippen LogP contribution is -2.61. The fourth-order valence-electron chi connectivity index (χ4n) is 4.48. The average Bonchev–Trinajstić information content (AvgIpc) is 2.56. The highest BCUT2D eigenvalue weighted by molar-refractivity contribution is 6.64. The standard InChI is InChI=1S/C14H30N2OSi/c1-12(2)9-11(10-13(3,4)16-12)18-8-7-15-14(18,5)17-6/h11,15-16,18H,7-10H2,1-6H3.